The first-order valence-corrected chi connectivity index (χ1v) is 11.0. The van der Waals surface area contributed by atoms with Gasteiger partial charge in [0.2, 0.25) is 5.75 Å². The standard InChI is InChI=1S/C22H27NO7S/c1-6-29-18(24)10-14-12-31-21-19(22(25)30-7-2)15(11-23(14)21)13-8-16(26-3)20(28-5)17(9-13)27-4/h8-10,15H,6-7,11-12H2,1-5H3. The Kier molecular flexibility index (Phi) is 7.37. The zero-order valence-electron chi connectivity index (χ0n) is 18.4. The van der Waals surface area contributed by atoms with E-state index >= 15 is 0 Å². The van der Waals surface area contributed by atoms with E-state index in [2.05, 4.69) is 0 Å². The van der Waals surface area contributed by atoms with Gasteiger partial charge in [-0.25, -0.2) is 9.59 Å². The van der Waals surface area contributed by atoms with E-state index in [9.17, 15) is 9.59 Å². The molecular weight excluding hydrogens is 422 g/mol. The second-order valence-corrected chi connectivity index (χ2v) is 7.70. The molecule has 0 radical (unpaired) electrons. The van der Waals surface area contributed by atoms with Crippen LogP contribution in [-0.4, -0.2) is 63.7 Å². The average Bonchev–Trinajstić information content (AvgIpc) is 3.32. The number of thioether (sulfide) groups is 1. The highest BCUT2D eigenvalue weighted by Crippen LogP contribution is 2.50. The number of carbonyl (C=O) groups is 2. The normalized spacial score (nSPS) is 18.8. The van der Waals surface area contributed by atoms with Crippen LogP contribution in [0.25, 0.3) is 0 Å². The van der Waals surface area contributed by atoms with Gasteiger partial charge in [-0.05, 0) is 31.5 Å². The Labute approximate surface area is 186 Å². The van der Waals surface area contributed by atoms with Gasteiger partial charge in [0.05, 0.1) is 45.1 Å². The lowest BCUT2D eigenvalue weighted by Crippen LogP contribution is -2.19. The molecule has 31 heavy (non-hydrogen) atoms. The van der Waals surface area contributed by atoms with Crippen molar-refractivity contribution in [1.29, 1.82) is 0 Å². The maximum absolute atomic E-state index is 12.9. The smallest absolute Gasteiger partial charge is 0.337 e. The summed E-state index contributed by atoms with van der Waals surface area (Å²) in [5.74, 6) is 1.02. The molecule has 8 nitrogen and oxygen atoms in total. The molecule has 0 amide bonds. The summed E-state index contributed by atoms with van der Waals surface area (Å²) >= 11 is 1.51. The molecule has 1 fully saturated rings. The van der Waals surface area contributed by atoms with E-state index in [1.54, 1.807) is 35.2 Å². The molecule has 2 aliphatic rings. The second kappa shape index (κ2) is 10.00. The SMILES string of the molecule is CCOC(=O)C=C1CSC2=C(C(=O)OCC)C(c3cc(OC)c(OC)c(OC)c3)CN12. The number of hydrogen-bond donors (Lipinski definition) is 0. The van der Waals surface area contributed by atoms with E-state index < -0.39 is 5.97 Å². The van der Waals surface area contributed by atoms with Gasteiger partial charge < -0.3 is 28.6 Å². The van der Waals surface area contributed by atoms with Crippen LogP contribution in [0, 0.1) is 0 Å². The first kappa shape index (κ1) is 22.9. The lowest BCUT2D eigenvalue weighted by atomic mass is 9.92. The van der Waals surface area contributed by atoms with Gasteiger partial charge in [-0.3, -0.25) is 0 Å². The van der Waals surface area contributed by atoms with Gasteiger partial charge in [0, 0.05) is 30.0 Å². The predicted octanol–water partition coefficient (Wildman–Crippen LogP) is 3.08. The second-order valence-electron chi connectivity index (χ2n) is 6.74. The van der Waals surface area contributed by atoms with Gasteiger partial charge >= 0.3 is 11.9 Å². The van der Waals surface area contributed by atoms with Crippen molar-refractivity contribution in [2.75, 3.05) is 46.8 Å². The molecule has 1 saturated heterocycles. The summed E-state index contributed by atoms with van der Waals surface area (Å²) in [6.45, 7) is 4.60. The van der Waals surface area contributed by atoms with Crippen LogP contribution in [0.15, 0.2) is 34.5 Å². The molecule has 1 unspecified atom stereocenters. The average molecular weight is 450 g/mol. The molecule has 0 saturated carbocycles. The topological polar surface area (TPSA) is 83.5 Å². The van der Waals surface area contributed by atoms with Gasteiger partial charge in [-0.1, -0.05) is 0 Å². The molecular formula is C22H27NO7S. The molecule has 0 N–H and O–H groups in total. The molecule has 9 heteroatoms. The van der Waals surface area contributed by atoms with Crippen molar-refractivity contribution in [3.05, 3.63) is 40.1 Å². The number of nitrogens with zero attached hydrogens (tertiary/aromatic N) is 1. The quantitative estimate of drug-likeness (QED) is 0.439. The van der Waals surface area contributed by atoms with Crippen molar-refractivity contribution in [3.63, 3.8) is 0 Å². The van der Waals surface area contributed by atoms with Gasteiger partial charge in [0.1, 0.15) is 0 Å². The van der Waals surface area contributed by atoms with Crippen LogP contribution in [0.2, 0.25) is 0 Å². The van der Waals surface area contributed by atoms with Crippen LogP contribution in [0.4, 0.5) is 0 Å². The number of carbonyl (C=O) groups excluding carboxylic acids is 2. The molecule has 2 aliphatic heterocycles. The molecule has 3 rings (SSSR count). The van der Waals surface area contributed by atoms with Gasteiger partial charge in [0.25, 0.3) is 0 Å². The Hall–Kier alpha value is -2.81. The molecule has 1 atom stereocenters. The summed E-state index contributed by atoms with van der Waals surface area (Å²) in [6.07, 6.45) is 1.49. The molecule has 0 bridgehead atoms. The van der Waals surface area contributed by atoms with Crippen molar-refractivity contribution in [2.24, 2.45) is 0 Å². The fourth-order valence-corrected chi connectivity index (χ4v) is 4.98. The van der Waals surface area contributed by atoms with Gasteiger partial charge in [-0.15, -0.1) is 11.8 Å². The summed E-state index contributed by atoms with van der Waals surface area (Å²) in [6, 6.07) is 3.68. The number of benzene rings is 1. The van der Waals surface area contributed by atoms with Gasteiger partial charge in [0.15, 0.2) is 11.5 Å². The van der Waals surface area contributed by atoms with Crippen LogP contribution in [-0.2, 0) is 19.1 Å². The fourth-order valence-electron chi connectivity index (χ4n) is 3.73. The number of rotatable bonds is 8. The summed E-state index contributed by atoms with van der Waals surface area (Å²) in [7, 11) is 4.64. The highest BCUT2D eigenvalue weighted by atomic mass is 32.2. The Morgan fingerprint density at radius 1 is 1.06 bits per heavy atom. The molecule has 1 aromatic rings. The number of esters is 2. The Morgan fingerprint density at radius 3 is 2.26 bits per heavy atom. The fraction of sp³-hybridized carbons (Fsp3) is 0.455. The maximum Gasteiger partial charge on any atom is 0.337 e. The van der Waals surface area contributed by atoms with Crippen LogP contribution in [0.5, 0.6) is 17.2 Å². The minimum absolute atomic E-state index is 0.272. The lowest BCUT2D eigenvalue weighted by molar-refractivity contribution is -0.139. The zero-order chi connectivity index (χ0) is 22.5. The van der Waals surface area contributed by atoms with Crippen molar-refractivity contribution >= 4 is 23.7 Å². The summed E-state index contributed by atoms with van der Waals surface area (Å²) in [5.41, 5.74) is 2.19. The number of fused-ring (bicyclic) bond motifs is 1. The van der Waals surface area contributed by atoms with Crippen molar-refractivity contribution in [3.8, 4) is 17.2 Å². The Bertz CT molecular complexity index is 899. The number of ether oxygens (including phenoxy) is 5. The van der Waals surface area contributed by atoms with Crippen LogP contribution < -0.4 is 14.2 Å². The van der Waals surface area contributed by atoms with Crippen LogP contribution >= 0.6 is 11.8 Å². The lowest BCUT2D eigenvalue weighted by Gasteiger charge is -2.20. The van der Waals surface area contributed by atoms with Crippen LogP contribution in [0.1, 0.15) is 25.3 Å². The zero-order valence-corrected chi connectivity index (χ0v) is 19.2. The molecule has 0 aliphatic carbocycles. The van der Waals surface area contributed by atoms with E-state index in [0.717, 1.165) is 16.3 Å². The predicted molar refractivity (Wildman–Crippen MR) is 116 cm³/mol. The first-order valence-electron chi connectivity index (χ1n) is 9.97. The third-order valence-corrected chi connectivity index (χ3v) is 6.20. The van der Waals surface area contributed by atoms with E-state index in [-0.39, 0.29) is 18.5 Å². The Balaban J connectivity index is 2.06. The number of hydrogen-bond acceptors (Lipinski definition) is 9. The van der Waals surface area contributed by atoms with Crippen molar-refractivity contribution < 1.29 is 33.3 Å². The summed E-state index contributed by atoms with van der Waals surface area (Å²) in [4.78, 5) is 26.9. The molecule has 0 aromatic heterocycles. The van der Waals surface area contributed by atoms with Gasteiger partial charge in [-0.2, -0.15) is 0 Å². The van der Waals surface area contributed by atoms with Crippen molar-refractivity contribution in [2.45, 2.75) is 19.8 Å². The Morgan fingerprint density at radius 2 is 1.71 bits per heavy atom. The third kappa shape index (κ3) is 4.46. The molecule has 2 heterocycles. The third-order valence-electron chi connectivity index (χ3n) is 5.05. The first-order chi connectivity index (χ1) is 15.0. The van der Waals surface area contributed by atoms with Crippen molar-refractivity contribution in [1.82, 2.24) is 4.90 Å². The summed E-state index contributed by atoms with van der Waals surface area (Å²) in [5, 5.41) is 0.799. The minimum atomic E-state index is -0.395. The monoisotopic (exact) mass is 449 g/mol. The van der Waals surface area contributed by atoms with Crippen LogP contribution in [0.3, 0.4) is 0 Å². The molecule has 1 aromatic carbocycles. The minimum Gasteiger partial charge on any atom is -0.493 e. The molecule has 0 spiro atoms. The number of methoxy groups -OCH3 is 3. The van der Waals surface area contributed by atoms with E-state index in [1.807, 2.05) is 17.0 Å². The van der Waals surface area contributed by atoms with E-state index in [1.165, 1.54) is 17.8 Å². The summed E-state index contributed by atoms with van der Waals surface area (Å²) < 4.78 is 26.8. The van der Waals surface area contributed by atoms with E-state index in [0.29, 0.717) is 41.7 Å². The molecule has 168 valence electrons. The largest absolute Gasteiger partial charge is 0.493 e. The van der Waals surface area contributed by atoms with E-state index in [4.69, 9.17) is 23.7 Å². The maximum atomic E-state index is 12.9. The highest BCUT2D eigenvalue weighted by molar-refractivity contribution is 8.03. The highest BCUT2D eigenvalue weighted by Gasteiger charge is 2.42.